The summed E-state index contributed by atoms with van der Waals surface area (Å²) in [6, 6.07) is 12.4. The van der Waals surface area contributed by atoms with Crippen molar-refractivity contribution in [3.05, 3.63) is 47.1 Å². The summed E-state index contributed by atoms with van der Waals surface area (Å²) < 4.78 is 0. The van der Waals surface area contributed by atoms with Gasteiger partial charge in [0.1, 0.15) is 11.0 Å². The number of benzene rings is 1. The molecule has 2 rings (SSSR count). The minimum Gasteiger partial charge on any atom is -0.368 e. The highest BCUT2D eigenvalue weighted by Gasteiger charge is 2.06. The van der Waals surface area contributed by atoms with Crippen LogP contribution in [-0.4, -0.2) is 16.0 Å². The van der Waals surface area contributed by atoms with Crippen LogP contribution in [0.1, 0.15) is 18.9 Å². The first kappa shape index (κ1) is 13.6. The molecule has 0 amide bonds. The van der Waals surface area contributed by atoms with Gasteiger partial charge in [-0.1, -0.05) is 41.9 Å². The Balaban J connectivity index is 1.89. The minimum atomic E-state index is 0.185. The van der Waals surface area contributed by atoms with Crippen molar-refractivity contribution in [1.29, 1.82) is 0 Å². The predicted octanol–water partition coefficient (Wildman–Crippen LogP) is 3.15. The molecule has 1 aromatic carbocycles. The number of nitrogens with zero attached hydrogens (tertiary/aromatic N) is 2. The molecule has 0 fully saturated rings. The van der Waals surface area contributed by atoms with E-state index in [-0.39, 0.29) is 12.0 Å². The first-order valence-electron chi connectivity index (χ1n) is 6.24. The van der Waals surface area contributed by atoms with E-state index >= 15 is 0 Å². The van der Waals surface area contributed by atoms with Gasteiger partial charge in [0.2, 0.25) is 5.95 Å². The molecule has 0 aliphatic heterocycles. The van der Waals surface area contributed by atoms with Crippen LogP contribution in [0.5, 0.6) is 0 Å². The molecule has 19 heavy (non-hydrogen) atoms. The average molecular weight is 277 g/mol. The summed E-state index contributed by atoms with van der Waals surface area (Å²) in [6.45, 7) is 2.11. The number of nitrogens with two attached hydrogens (primary N) is 1. The second kappa shape index (κ2) is 6.38. The SMILES string of the molecule is C[C@@H](CCc1ccccc1)Nc1cc(Cl)nc(N)n1. The van der Waals surface area contributed by atoms with Crippen LogP contribution in [0.4, 0.5) is 11.8 Å². The number of nitrogen functional groups attached to an aromatic ring is 1. The highest BCUT2D eigenvalue weighted by atomic mass is 35.5. The third kappa shape index (κ3) is 4.41. The molecule has 0 unspecified atom stereocenters. The zero-order valence-corrected chi connectivity index (χ0v) is 11.6. The maximum atomic E-state index is 5.84. The van der Waals surface area contributed by atoms with Gasteiger partial charge in [-0.15, -0.1) is 0 Å². The molecule has 1 heterocycles. The standard InChI is InChI=1S/C14H17ClN4/c1-10(7-8-11-5-3-2-4-6-11)17-13-9-12(15)18-14(16)19-13/h2-6,9-10H,7-8H2,1H3,(H3,16,17,18,19)/t10-/m0/s1. The Morgan fingerprint density at radius 2 is 2.00 bits per heavy atom. The summed E-state index contributed by atoms with van der Waals surface area (Å²) in [5, 5.41) is 3.63. The molecule has 0 aliphatic carbocycles. The van der Waals surface area contributed by atoms with E-state index in [4.69, 9.17) is 17.3 Å². The van der Waals surface area contributed by atoms with Gasteiger partial charge in [-0.25, -0.2) is 4.98 Å². The van der Waals surface area contributed by atoms with Crippen molar-refractivity contribution in [2.24, 2.45) is 0 Å². The molecule has 0 aliphatic rings. The molecular formula is C14H17ClN4. The number of hydrogen-bond acceptors (Lipinski definition) is 4. The molecule has 0 saturated carbocycles. The van der Waals surface area contributed by atoms with Crippen molar-refractivity contribution in [2.75, 3.05) is 11.1 Å². The minimum absolute atomic E-state index is 0.185. The van der Waals surface area contributed by atoms with E-state index in [9.17, 15) is 0 Å². The fraction of sp³-hybridized carbons (Fsp3) is 0.286. The van der Waals surface area contributed by atoms with Crippen molar-refractivity contribution in [1.82, 2.24) is 9.97 Å². The fourth-order valence-electron chi connectivity index (χ4n) is 1.86. The van der Waals surface area contributed by atoms with E-state index in [2.05, 4.69) is 46.5 Å². The van der Waals surface area contributed by atoms with Crippen molar-refractivity contribution in [3.8, 4) is 0 Å². The van der Waals surface area contributed by atoms with Crippen LogP contribution in [0, 0.1) is 0 Å². The van der Waals surface area contributed by atoms with Gasteiger partial charge in [0.15, 0.2) is 0 Å². The topological polar surface area (TPSA) is 63.8 Å². The number of halogens is 1. The monoisotopic (exact) mass is 276 g/mol. The van der Waals surface area contributed by atoms with Crippen LogP contribution in [0.3, 0.4) is 0 Å². The molecule has 0 bridgehead atoms. The van der Waals surface area contributed by atoms with Gasteiger partial charge in [-0.2, -0.15) is 4.98 Å². The lowest BCUT2D eigenvalue weighted by Gasteiger charge is -2.14. The first-order chi connectivity index (χ1) is 9.13. The number of hydrogen-bond donors (Lipinski definition) is 2. The lowest BCUT2D eigenvalue weighted by atomic mass is 10.1. The van der Waals surface area contributed by atoms with Crippen molar-refractivity contribution in [3.63, 3.8) is 0 Å². The first-order valence-corrected chi connectivity index (χ1v) is 6.62. The molecule has 1 aromatic heterocycles. The Morgan fingerprint density at radius 1 is 1.26 bits per heavy atom. The summed E-state index contributed by atoms with van der Waals surface area (Å²) in [4.78, 5) is 7.93. The van der Waals surface area contributed by atoms with Gasteiger partial charge < -0.3 is 11.1 Å². The molecule has 5 heteroatoms. The van der Waals surface area contributed by atoms with Crippen molar-refractivity contribution >= 4 is 23.4 Å². The molecule has 3 N–H and O–H groups in total. The second-order valence-electron chi connectivity index (χ2n) is 4.50. The van der Waals surface area contributed by atoms with Crippen LogP contribution in [0.2, 0.25) is 5.15 Å². The van der Waals surface area contributed by atoms with E-state index in [0.29, 0.717) is 11.0 Å². The third-order valence-electron chi connectivity index (χ3n) is 2.82. The Labute approximate surface area is 118 Å². The Hall–Kier alpha value is -1.81. The van der Waals surface area contributed by atoms with Crippen LogP contribution in [0.15, 0.2) is 36.4 Å². The van der Waals surface area contributed by atoms with Crippen LogP contribution < -0.4 is 11.1 Å². The predicted molar refractivity (Wildman–Crippen MR) is 79.3 cm³/mol. The maximum absolute atomic E-state index is 5.84. The second-order valence-corrected chi connectivity index (χ2v) is 4.89. The normalized spacial score (nSPS) is 12.1. The summed E-state index contributed by atoms with van der Waals surface area (Å²) in [6.07, 6.45) is 2.02. The van der Waals surface area contributed by atoms with Gasteiger partial charge in [0, 0.05) is 12.1 Å². The number of rotatable bonds is 5. The number of aromatic nitrogens is 2. The van der Waals surface area contributed by atoms with E-state index in [0.717, 1.165) is 12.8 Å². The number of aryl methyl sites for hydroxylation is 1. The average Bonchev–Trinajstić information content (AvgIpc) is 2.36. The van der Waals surface area contributed by atoms with E-state index in [1.807, 2.05) is 6.07 Å². The van der Waals surface area contributed by atoms with Crippen LogP contribution in [0.25, 0.3) is 0 Å². The number of anilines is 2. The van der Waals surface area contributed by atoms with Crippen molar-refractivity contribution in [2.45, 2.75) is 25.8 Å². The summed E-state index contributed by atoms with van der Waals surface area (Å²) in [7, 11) is 0. The zero-order chi connectivity index (χ0) is 13.7. The third-order valence-corrected chi connectivity index (χ3v) is 3.01. The molecule has 0 spiro atoms. The van der Waals surface area contributed by atoms with Crippen molar-refractivity contribution < 1.29 is 0 Å². The van der Waals surface area contributed by atoms with Gasteiger partial charge in [-0.3, -0.25) is 0 Å². The van der Waals surface area contributed by atoms with Crippen LogP contribution >= 0.6 is 11.6 Å². The molecular weight excluding hydrogens is 260 g/mol. The molecule has 0 radical (unpaired) electrons. The highest BCUT2D eigenvalue weighted by Crippen LogP contribution is 2.15. The Kier molecular flexibility index (Phi) is 4.58. The van der Waals surface area contributed by atoms with E-state index in [1.54, 1.807) is 6.07 Å². The fourth-order valence-corrected chi connectivity index (χ4v) is 2.05. The zero-order valence-electron chi connectivity index (χ0n) is 10.8. The van der Waals surface area contributed by atoms with Gasteiger partial charge >= 0.3 is 0 Å². The highest BCUT2D eigenvalue weighted by molar-refractivity contribution is 6.29. The van der Waals surface area contributed by atoms with Gasteiger partial charge in [-0.05, 0) is 25.3 Å². The van der Waals surface area contributed by atoms with Gasteiger partial charge in [0.05, 0.1) is 0 Å². The molecule has 0 saturated heterocycles. The summed E-state index contributed by atoms with van der Waals surface area (Å²) in [5.41, 5.74) is 6.88. The summed E-state index contributed by atoms with van der Waals surface area (Å²) in [5.74, 6) is 0.850. The number of nitrogens with one attached hydrogen (secondary N) is 1. The van der Waals surface area contributed by atoms with Gasteiger partial charge in [0.25, 0.3) is 0 Å². The molecule has 4 nitrogen and oxygen atoms in total. The Bertz CT molecular complexity index is 510. The Morgan fingerprint density at radius 3 is 2.68 bits per heavy atom. The van der Waals surface area contributed by atoms with E-state index in [1.165, 1.54) is 5.56 Å². The van der Waals surface area contributed by atoms with Crippen LogP contribution in [-0.2, 0) is 6.42 Å². The lowest BCUT2D eigenvalue weighted by molar-refractivity contribution is 0.703. The quantitative estimate of drug-likeness (QED) is 0.824. The molecule has 1 atom stereocenters. The molecule has 2 aromatic rings. The largest absolute Gasteiger partial charge is 0.368 e. The molecule has 100 valence electrons. The lowest BCUT2D eigenvalue weighted by Crippen LogP contribution is -2.17. The van der Waals surface area contributed by atoms with E-state index < -0.39 is 0 Å². The smallest absolute Gasteiger partial charge is 0.223 e. The summed E-state index contributed by atoms with van der Waals surface area (Å²) >= 11 is 5.84. The maximum Gasteiger partial charge on any atom is 0.223 e.